The molecule has 0 radical (unpaired) electrons. The van der Waals surface area contributed by atoms with Gasteiger partial charge < -0.3 is 5.11 Å². The quantitative estimate of drug-likeness (QED) is 0.657. The third-order valence-corrected chi connectivity index (χ3v) is 1.34. The van der Waals surface area contributed by atoms with Gasteiger partial charge in [-0.15, -0.1) is 0 Å². The zero-order chi connectivity index (χ0) is 8.27. The van der Waals surface area contributed by atoms with E-state index in [0.717, 1.165) is 4.90 Å². The van der Waals surface area contributed by atoms with E-state index in [9.17, 15) is 4.79 Å². The lowest BCUT2D eigenvalue weighted by atomic mass is 10.4. The molecule has 0 unspecified atom stereocenters. The molecule has 0 aliphatic heterocycles. The molecule has 1 aromatic heterocycles. The molecule has 0 aromatic carbocycles. The molecule has 0 fully saturated rings. The Bertz CT molecular complexity index is 248. The molecular formula is C7H8N2O2. The summed E-state index contributed by atoms with van der Waals surface area (Å²) in [4.78, 5) is 15.3. The van der Waals surface area contributed by atoms with Gasteiger partial charge in [-0.1, -0.05) is 0 Å². The van der Waals surface area contributed by atoms with Gasteiger partial charge in [0.05, 0.1) is 0 Å². The van der Waals surface area contributed by atoms with Gasteiger partial charge in [0.15, 0.2) is 0 Å². The normalized spacial score (nSPS) is 9.18. The molecule has 1 N–H and O–H groups in total. The van der Waals surface area contributed by atoms with Crippen molar-refractivity contribution in [2.45, 2.75) is 0 Å². The van der Waals surface area contributed by atoms with Crippen LogP contribution in [0.25, 0.3) is 0 Å². The van der Waals surface area contributed by atoms with Gasteiger partial charge in [-0.05, 0) is 12.1 Å². The van der Waals surface area contributed by atoms with Gasteiger partial charge in [0.2, 0.25) is 0 Å². The molecule has 0 saturated heterocycles. The van der Waals surface area contributed by atoms with Gasteiger partial charge in [-0.2, -0.15) is 0 Å². The number of carboxylic acid groups (broad SMARTS) is 1. The number of pyridine rings is 1. The number of carbonyl (C=O) groups is 1. The summed E-state index contributed by atoms with van der Waals surface area (Å²) in [5.41, 5.74) is 0.618. The second-order valence-electron chi connectivity index (χ2n) is 2.05. The minimum absolute atomic E-state index is 0.618. The lowest BCUT2D eigenvalue weighted by molar-refractivity contribution is 0.203. The fraction of sp³-hybridized carbons (Fsp3) is 0.143. The summed E-state index contributed by atoms with van der Waals surface area (Å²) in [6.45, 7) is 0. The van der Waals surface area contributed by atoms with Crippen molar-refractivity contribution in [3.63, 3.8) is 0 Å². The Labute approximate surface area is 64.1 Å². The van der Waals surface area contributed by atoms with Crippen molar-refractivity contribution >= 4 is 11.8 Å². The Hall–Kier alpha value is -1.58. The van der Waals surface area contributed by atoms with E-state index < -0.39 is 6.09 Å². The van der Waals surface area contributed by atoms with Crippen LogP contribution in [0.2, 0.25) is 0 Å². The topological polar surface area (TPSA) is 53.4 Å². The van der Waals surface area contributed by atoms with Crippen molar-refractivity contribution in [1.29, 1.82) is 0 Å². The SMILES string of the molecule is CN(C(=O)O)c1ccncc1. The molecule has 0 spiro atoms. The first-order valence-electron chi connectivity index (χ1n) is 3.08. The Morgan fingerprint density at radius 1 is 1.55 bits per heavy atom. The van der Waals surface area contributed by atoms with E-state index in [1.54, 1.807) is 24.5 Å². The van der Waals surface area contributed by atoms with Crippen molar-refractivity contribution in [3.8, 4) is 0 Å². The molecule has 0 aliphatic rings. The highest BCUT2D eigenvalue weighted by molar-refractivity contribution is 5.84. The highest BCUT2D eigenvalue weighted by Crippen LogP contribution is 2.08. The summed E-state index contributed by atoms with van der Waals surface area (Å²) >= 11 is 0. The van der Waals surface area contributed by atoms with E-state index in [4.69, 9.17) is 5.11 Å². The number of anilines is 1. The second kappa shape index (κ2) is 3.01. The van der Waals surface area contributed by atoms with Crippen LogP contribution in [0.1, 0.15) is 0 Å². The molecule has 1 aromatic rings. The molecule has 0 atom stereocenters. The van der Waals surface area contributed by atoms with Crippen LogP contribution in [0.5, 0.6) is 0 Å². The van der Waals surface area contributed by atoms with Crippen molar-refractivity contribution in [3.05, 3.63) is 24.5 Å². The van der Waals surface area contributed by atoms with Crippen LogP contribution in [-0.2, 0) is 0 Å². The van der Waals surface area contributed by atoms with Gasteiger partial charge in [0, 0.05) is 25.1 Å². The average Bonchev–Trinajstić information content (AvgIpc) is 2.05. The summed E-state index contributed by atoms with van der Waals surface area (Å²) in [5.74, 6) is 0. The lowest BCUT2D eigenvalue weighted by Gasteiger charge is -2.11. The molecule has 0 bridgehead atoms. The molecule has 1 amide bonds. The number of hydrogen-bond acceptors (Lipinski definition) is 2. The maximum Gasteiger partial charge on any atom is 0.411 e. The zero-order valence-electron chi connectivity index (χ0n) is 6.06. The number of aromatic nitrogens is 1. The summed E-state index contributed by atoms with van der Waals surface area (Å²) in [6, 6.07) is 3.27. The van der Waals surface area contributed by atoms with Crippen molar-refractivity contribution in [1.82, 2.24) is 4.98 Å². The molecular weight excluding hydrogens is 144 g/mol. The highest BCUT2D eigenvalue weighted by Gasteiger charge is 2.05. The molecule has 4 nitrogen and oxygen atoms in total. The van der Waals surface area contributed by atoms with Crippen LogP contribution < -0.4 is 4.90 Å². The Morgan fingerprint density at radius 2 is 2.09 bits per heavy atom. The van der Waals surface area contributed by atoms with Gasteiger partial charge in [0.1, 0.15) is 0 Å². The predicted octanol–water partition coefficient (Wildman–Crippen LogP) is 1.20. The maximum absolute atomic E-state index is 10.4. The average molecular weight is 152 g/mol. The molecule has 1 rings (SSSR count). The van der Waals surface area contributed by atoms with E-state index in [-0.39, 0.29) is 0 Å². The van der Waals surface area contributed by atoms with E-state index in [0.29, 0.717) is 5.69 Å². The minimum atomic E-state index is -0.976. The van der Waals surface area contributed by atoms with E-state index >= 15 is 0 Å². The number of rotatable bonds is 1. The van der Waals surface area contributed by atoms with Crippen LogP contribution >= 0.6 is 0 Å². The number of hydrogen-bond donors (Lipinski definition) is 1. The van der Waals surface area contributed by atoms with Gasteiger partial charge in [-0.3, -0.25) is 9.88 Å². The Morgan fingerprint density at radius 3 is 2.55 bits per heavy atom. The number of amides is 1. The smallest absolute Gasteiger partial charge is 0.411 e. The fourth-order valence-corrected chi connectivity index (χ4v) is 0.678. The number of nitrogens with zero attached hydrogens (tertiary/aromatic N) is 2. The summed E-state index contributed by atoms with van der Waals surface area (Å²) in [5, 5.41) is 8.54. The molecule has 58 valence electrons. The van der Waals surface area contributed by atoms with Crippen LogP contribution in [0, 0.1) is 0 Å². The van der Waals surface area contributed by atoms with E-state index in [2.05, 4.69) is 4.98 Å². The van der Waals surface area contributed by atoms with Crippen LogP contribution in [0.3, 0.4) is 0 Å². The predicted molar refractivity (Wildman–Crippen MR) is 40.7 cm³/mol. The maximum atomic E-state index is 10.4. The molecule has 0 saturated carbocycles. The molecule has 4 heteroatoms. The first kappa shape index (κ1) is 7.53. The fourth-order valence-electron chi connectivity index (χ4n) is 0.678. The minimum Gasteiger partial charge on any atom is -0.465 e. The largest absolute Gasteiger partial charge is 0.465 e. The standard InChI is InChI=1S/C7H8N2O2/c1-9(7(10)11)6-2-4-8-5-3-6/h2-5H,1H3,(H,10,11). The van der Waals surface area contributed by atoms with Crippen molar-refractivity contribution in [2.24, 2.45) is 0 Å². The Balaban J connectivity index is 2.85. The van der Waals surface area contributed by atoms with E-state index in [1.807, 2.05) is 0 Å². The van der Waals surface area contributed by atoms with Crippen molar-refractivity contribution in [2.75, 3.05) is 11.9 Å². The van der Waals surface area contributed by atoms with Gasteiger partial charge in [-0.25, -0.2) is 4.79 Å². The monoisotopic (exact) mass is 152 g/mol. The first-order chi connectivity index (χ1) is 5.22. The third kappa shape index (κ3) is 1.67. The summed E-state index contributed by atoms with van der Waals surface area (Å²) in [7, 11) is 1.48. The van der Waals surface area contributed by atoms with Gasteiger partial charge >= 0.3 is 6.09 Å². The molecule has 11 heavy (non-hydrogen) atoms. The van der Waals surface area contributed by atoms with E-state index in [1.165, 1.54) is 7.05 Å². The molecule has 0 aliphatic carbocycles. The third-order valence-electron chi connectivity index (χ3n) is 1.34. The highest BCUT2D eigenvalue weighted by atomic mass is 16.4. The summed E-state index contributed by atoms with van der Waals surface area (Å²) in [6.07, 6.45) is 2.12. The summed E-state index contributed by atoms with van der Waals surface area (Å²) < 4.78 is 0. The zero-order valence-corrected chi connectivity index (χ0v) is 6.06. The Kier molecular flexibility index (Phi) is 2.06. The van der Waals surface area contributed by atoms with Gasteiger partial charge in [0.25, 0.3) is 0 Å². The first-order valence-corrected chi connectivity index (χ1v) is 3.08. The van der Waals surface area contributed by atoms with Crippen LogP contribution in [0.15, 0.2) is 24.5 Å². The van der Waals surface area contributed by atoms with Crippen LogP contribution in [0.4, 0.5) is 10.5 Å². The lowest BCUT2D eigenvalue weighted by Crippen LogP contribution is -2.23. The molecule has 1 heterocycles. The second-order valence-corrected chi connectivity index (χ2v) is 2.05. The van der Waals surface area contributed by atoms with Crippen molar-refractivity contribution < 1.29 is 9.90 Å². The van der Waals surface area contributed by atoms with Crippen LogP contribution in [-0.4, -0.2) is 23.2 Å².